The second-order valence-electron chi connectivity index (χ2n) is 6.48. The van der Waals surface area contributed by atoms with Crippen LogP contribution in [0.3, 0.4) is 0 Å². The minimum Gasteiger partial charge on any atom is -0.390 e. The minimum absolute atomic E-state index is 0.350. The molecule has 0 aliphatic rings. The zero-order valence-corrected chi connectivity index (χ0v) is 14.7. The highest BCUT2D eigenvalue weighted by Crippen LogP contribution is 2.30. The summed E-state index contributed by atoms with van der Waals surface area (Å²) in [6.45, 7) is 6.98. The van der Waals surface area contributed by atoms with Crippen molar-refractivity contribution in [1.29, 1.82) is 0 Å². The van der Waals surface area contributed by atoms with E-state index >= 15 is 0 Å². The lowest BCUT2D eigenvalue weighted by molar-refractivity contribution is 0.102. The van der Waals surface area contributed by atoms with Crippen molar-refractivity contribution >= 4 is 21.8 Å². The second-order valence-corrected chi connectivity index (χ2v) is 6.48. The summed E-state index contributed by atoms with van der Waals surface area (Å²) in [5.41, 5.74) is 1.61. The van der Waals surface area contributed by atoms with Gasteiger partial charge in [0.15, 0.2) is 0 Å². The van der Waals surface area contributed by atoms with E-state index in [1.165, 1.54) is 24.3 Å². The summed E-state index contributed by atoms with van der Waals surface area (Å²) >= 11 is 0. The van der Waals surface area contributed by atoms with Gasteiger partial charge in [-0.15, -0.1) is 0 Å². The Morgan fingerprint density at radius 2 is 1.56 bits per heavy atom. The Bertz CT molecular complexity index is 816. The van der Waals surface area contributed by atoms with Gasteiger partial charge in [0.1, 0.15) is 11.6 Å². The summed E-state index contributed by atoms with van der Waals surface area (Å²) in [5.74, 6) is -0.701. The number of hydrogen-bond acceptors (Lipinski definition) is 2. The van der Waals surface area contributed by atoms with Gasteiger partial charge in [0.25, 0.3) is 0 Å². The van der Waals surface area contributed by atoms with Gasteiger partial charge in [0, 0.05) is 28.4 Å². The van der Waals surface area contributed by atoms with Gasteiger partial charge in [-0.25, -0.2) is 8.78 Å². The number of benzene rings is 2. The average molecular weight is 346 g/mol. The number of aliphatic hydroxyl groups excluding tert-OH is 1. The van der Waals surface area contributed by atoms with Crippen molar-refractivity contribution in [1.82, 2.24) is 9.47 Å². The Hall–Kier alpha value is -1.98. The third-order valence-corrected chi connectivity index (χ3v) is 4.64. The highest BCUT2D eigenvalue weighted by atomic mass is 19.1. The fraction of sp³-hybridized carbons (Fsp3) is 0.400. The van der Waals surface area contributed by atoms with Gasteiger partial charge in [-0.05, 0) is 55.9 Å². The molecule has 1 heterocycles. The van der Waals surface area contributed by atoms with Crippen LogP contribution in [-0.4, -0.2) is 40.3 Å². The molecule has 0 amide bonds. The van der Waals surface area contributed by atoms with Crippen LogP contribution in [-0.2, 0) is 6.54 Å². The molecule has 0 radical (unpaired) electrons. The predicted octanol–water partition coefficient (Wildman–Crippen LogP) is 4.17. The van der Waals surface area contributed by atoms with Crippen LogP contribution in [0.5, 0.6) is 0 Å². The summed E-state index contributed by atoms with van der Waals surface area (Å²) in [6, 6.07) is 9.04. The maximum absolute atomic E-state index is 13.7. The maximum Gasteiger partial charge on any atom is 0.123 e. The molecule has 1 aromatic heterocycles. The van der Waals surface area contributed by atoms with Gasteiger partial charge >= 0.3 is 0 Å². The first-order valence-electron chi connectivity index (χ1n) is 8.81. The normalized spacial score (nSPS) is 13.2. The molecule has 3 nitrogen and oxygen atoms in total. The van der Waals surface area contributed by atoms with Crippen LogP contribution in [0.15, 0.2) is 36.4 Å². The zero-order chi connectivity index (χ0) is 18.0. The molecule has 1 unspecified atom stereocenters. The molecule has 0 bridgehead atoms. The van der Waals surface area contributed by atoms with Crippen molar-refractivity contribution in [2.45, 2.75) is 32.9 Å². The first-order valence-corrected chi connectivity index (χ1v) is 8.81. The van der Waals surface area contributed by atoms with E-state index in [-0.39, 0.29) is 11.6 Å². The van der Waals surface area contributed by atoms with Crippen LogP contribution >= 0.6 is 0 Å². The largest absolute Gasteiger partial charge is 0.390 e. The van der Waals surface area contributed by atoms with E-state index in [0.29, 0.717) is 23.9 Å². The number of rotatable bonds is 7. The summed E-state index contributed by atoms with van der Waals surface area (Å²) in [5, 5.41) is 11.9. The number of hydrogen-bond donors (Lipinski definition) is 1. The first kappa shape index (κ1) is 17.8. The minimum atomic E-state index is -0.555. The van der Waals surface area contributed by atoms with Crippen molar-refractivity contribution < 1.29 is 13.9 Å². The molecule has 0 spiro atoms. The number of aromatic nitrogens is 1. The van der Waals surface area contributed by atoms with E-state index in [0.717, 1.165) is 30.5 Å². The Morgan fingerprint density at radius 1 is 1.00 bits per heavy atom. The lowest BCUT2D eigenvalue weighted by Crippen LogP contribution is -2.35. The number of aliphatic hydroxyl groups is 1. The molecule has 1 atom stereocenters. The van der Waals surface area contributed by atoms with Gasteiger partial charge in [-0.2, -0.15) is 0 Å². The molecular formula is C20H24F2N2O. The van der Waals surface area contributed by atoms with E-state index in [2.05, 4.69) is 18.7 Å². The maximum atomic E-state index is 13.7. The van der Waals surface area contributed by atoms with Gasteiger partial charge in [0.2, 0.25) is 0 Å². The fourth-order valence-corrected chi connectivity index (χ4v) is 3.51. The van der Waals surface area contributed by atoms with E-state index in [1.54, 1.807) is 12.1 Å². The lowest BCUT2D eigenvalue weighted by atomic mass is 10.1. The molecular weight excluding hydrogens is 322 g/mol. The summed E-state index contributed by atoms with van der Waals surface area (Å²) in [4.78, 5) is 2.21. The van der Waals surface area contributed by atoms with Crippen molar-refractivity contribution in [3.8, 4) is 0 Å². The molecule has 3 rings (SSSR count). The van der Waals surface area contributed by atoms with Gasteiger partial charge < -0.3 is 14.6 Å². The number of halogens is 2. The molecule has 0 aliphatic carbocycles. The standard InChI is InChI=1S/C20H24F2N2O/c1-3-9-23(4-2)12-16(25)13-24-19-7-5-14(21)10-17(19)18-11-15(22)6-8-20(18)24/h5-8,10-11,16,25H,3-4,9,12-13H2,1-2H3. The quantitative estimate of drug-likeness (QED) is 0.696. The topological polar surface area (TPSA) is 28.4 Å². The van der Waals surface area contributed by atoms with Crippen LogP contribution in [0.4, 0.5) is 8.78 Å². The molecule has 5 heteroatoms. The molecule has 0 saturated heterocycles. The zero-order valence-electron chi connectivity index (χ0n) is 14.7. The predicted molar refractivity (Wildman–Crippen MR) is 97.8 cm³/mol. The van der Waals surface area contributed by atoms with Crippen LogP contribution in [0.2, 0.25) is 0 Å². The Morgan fingerprint density at radius 3 is 2.04 bits per heavy atom. The first-order chi connectivity index (χ1) is 12.0. The second kappa shape index (κ2) is 7.50. The van der Waals surface area contributed by atoms with Gasteiger partial charge in [-0.1, -0.05) is 13.8 Å². The van der Waals surface area contributed by atoms with E-state index in [1.807, 2.05) is 4.57 Å². The molecule has 25 heavy (non-hydrogen) atoms. The molecule has 0 fully saturated rings. The van der Waals surface area contributed by atoms with Crippen molar-refractivity contribution in [2.75, 3.05) is 19.6 Å². The SMILES string of the molecule is CCCN(CC)CC(O)Cn1c2ccc(F)cc2c2cc(F)ccc21. The van der Waals surface area contributed by atoms with Gasteiger partial charge in [-0.3, -0.25) is 0 Å². The number of nitrogens with zero attached hydrogens (tertiary/aromatic N) is 2. The Balaban J connectivity index is 1.99. The third-order valence-electron chi connectivity index (χ3n) is 4.64. The summed E-state index contributed by atoms with van der Waals surface area (Å²) in [6.07, 6.45) is 0.481. The average Bonchev–Trinajstić information content (AvgIpc) is 2.87. The van der Waals surface area contributed by atoms with E-state index < -0.39 is 6.10 Å². The number of fused-ring (bicyclic) bond motifs is 3. The van der Waals surface area contributed by atoms with E-state index in [9.17, 15) is 13.9 Å². The Labute approximate surface area is 146 Å². The number of likely N-dealkylation sites (N-methyl/N-ethyl adjacent to an activating group) is 1. The molecule has 3 aromatic rings. The molecule has 1 N–H and O–H groups in total. The van der Waals surface area contributed by atoms with Crippen molar-refractivity contribution in [2.24, 2.45) is 0 Å². The molecule has 2 aromatic carbocycles. The van der Waals surface area contributed by atoms with Gasteiger partial charge in [0.05, 0.1) is 12.6 Å². The van der Waals surface area contributed by atoms with Crippen molar-refractivity contribution in [3.63, 3.8) is 0 Å². The summed E-state index contributed by atoms with van der Waals surface area (Å²) < 4.78 is 29.3. The van der Waals surface area contributed by atoms with Crippen LogP contribution in [0, 0.1) is 11.6 Å². The smallest absolute Gasteiger partial charge is 0.123 e. The molecule has 0 aliphatic heterocycles. The van der Waals surface area contributed by atoms with Crippen molar-refractivity contribution in [3.05, 3.63) is 48.0 Å². The monoisotopic (exact) mass is 346 g/mol. The van der Waals surface area contributed by atoms with Crippen LogP contribution < -0.4 is 0 Å². The summed E-state index contributed by atoms with van der Waals surface area (Å²) in [7, 11) is 0. The molecule has 134 valence electrons. The van der Waals surface area contributed by atoms with Crippen LogP contribution in [0.25, 0.3) is 21.8 Å². The third kappa shape index (κ3) is 3.67. The lowest BCUT2D eigenvalue weighted by Gasteiger charge is -2.23. The fourth-order valence-electron chi connectivity index (χ4n) is 3.51. The van der Waals surface area contributed by atoms with Crippen LogP contribution in [0.1, 0.15) is 20.3 Å². The highest BCUT2D eigenvalue weighted by Gasteiger charge is 2.16. The Kier molecular flexibility index (Phi) is 5.35. The van der Waals surface area contributed by atoms with E-state index in [4.69, 9.17) is 0 Å². The molecule has 0 saturated carbocycles. The highest BCUT2D eigenvalue weighted by molar-refractivity contribution is 6.08.